The van der Waals surface area contributed by atoms with Crippen molar-refractivity contribution in [3.63, 3.8) is 0 Å². The van der Waals surface area contributed by atoms with Gasteiger partial charge in [0.1, 0.15) is 0 Å². The van der Waals surface area contributed by atoms with Crippen molar-refractivity contribution in [2.45, 2.75) is 24.0 Å². The molecule has 3 heteroatoms. The number of aryl methyl sites for hydroxylation is 1. The number of thioether (sulfide) groups is 1. The molecule has 1 aromatic rings. The lowest BCUT2D eigenvalue weighted by molar-refractivity contribution is 0.753. The average Bonchev–Trinajstić information content (AvgIpc) is 2.17. The standard InChI is InChI=1S/C12H18N2S/c1-9-3-4-11-12(7-9)15-10(2)8-14(11)6-5-13/h3-4,7,10H,5-6,8,13H2,1-2H3. The number of nitrogens with zero attached hydrogens (tertiary/aromatic N) is 1. The van der Waals surface area contributed by atoms with Crippen LogP contribution >= 0.6 is 11.8 Å². The molecule has 15 heavy (non-hydrogen) atoms. The first-order valence-corrected chi connectivity index (χ1v) is 6.31. The van der Waals surface area contributed by atoms with E-state index < -0.39 is 0 Å². The Morgan fingerprint density at radius 2 is 2.33 bits per heavy atom. The van der Waals surface area contributed by atoms with Crippen molar-refractivity contribution in [1.82, 2.24) is 0 Å². The molecule has 1 unspecified atom stereocenters. The number of fused-ring (bicyclic) bond motifs is 1. The van der Waals surface area contributed by atoms with Crippen molar-refractivity contribution in [2.75, 3.05) is 24.5 Å². The second-order valence-corrected chi connectivity index (χ2v) is 5.61. The normalized spacial score (nSPS) is 20.2. The molecule has 0 aliphatic carbocycles. The van der Waals surface area contributed by atoms with Crippen LogP contribution in [0, 0.1) is 6.92 Å². The van der Waals surface area contributed by atoms with E-state index in [0.717, 1.165) is 19.6 Å². The average molecular weight is 222 g/mol. The Balaban J connectivity index is 2.33. The second-order valence-electron chi connectivity index (χ2n) is 4.13. The smallest absolute Gasteiger partial charge is 0.0505 e. The van der Waals surface area contributed by atoms with Gasteiger partial charge in [-0.3, -0.25) is 0 Å². The Morgan fingerprint density at radius 1 is 1.53 bits per heavy atom. The first-order chi connectivity index (χ1) is 7.20. The highest BCUT2D eigenvalue weighted by molar-refractivity contribution is 8.00. The van der Waals surface area contributed by atoms with Crippen LogP contribution in [0.1, 0.15) is 12.5 Å². The zero-order valence-electron chi connectivity index (χ0n) is 9.36. The van der Waals surface area contributed by atoms with Crippen LogP contribution in [0.15, 0.2) is 23.1 Å². The molecule has 2 rings (SSSR count). The van der Waals surface area contributed by atoms with Gasteiger partial charge in [0.25, 0.3) is 0 Å². The topological polar surface area (TPSA) is 29.3 Å². The van der Waals surface area contributed by atoms with Crippen LogP contribution in [-0.4, -0.2) is 24.9 Å². The van der Waals surface area contributed by atoms with Gasteiger partial charge in [-0.1, -0.05) is 13.0 Å². The summed E-state index contributed by atoms with van der Waals surface area (Å²) in [6, 6.07) is 6.68. The third-order valence-electron chi connectivity index (χ3n) is 2.66. The van der Waals surface area contributed by atoms with E-state index in [1.807, 2.05) is 11.8 Å². The molecule has 82 valence electrons. The summed E-state index contributed by atoms with van der Waals surface area (Å²) in [4.78, 5) is 3.80. The minimum atomic E-state index is 0.658. The summed E-state index contributed by atoms with van der Waals surface area (Å²) < 4.78 is 0. The number of nitrogens with two attached hydrogens (primary N) is 1. The minimum Gasteiger partial charge on any atom is -0.368 e. The van der Waals surface area contributed by atoms with Gasteiger partial charge in [0.15, 0.2) is 0 Å². The largest absolute Gasteiger partial charge is 0.368 e. The van der Waals surface area contributed by atoms with E-state index in [9.17, 15) is 0 Å². The molecule has 1 aliphatic rings. The van der Waals surface area contributed by atoms with Gasteiger partial charge in [-0.25, -0.2) is 0 Å². The maximum atomic E-state index is 5.64. The van der Waals surface area contributed by atoms with Crippen molar-refractivity contribution in [2.24, 2.45) is 5.73 Å². The number of anilines is 1. The summed E-state index contributed by atoms with van der Waals surface area (Å²) in [6.45, 7) is 7.22. The van der Waals surface area contributed by atoms with Gasteiger partial charge < -0.3 is 10.6 Å². The van der Waals surface area contributed by atoms with Crippen LogP contribution in [0.4, 0.5) is 5.69 Å². The van der Waals surface area contributed by atoms with Gasteiger partial charge in [0.2, 0.25) is 0 Å². The summed E-state index contributed by atoms with van der Waals surface area (Å²) in [5.41, 5.74) is 8.34. The van der Waals surface area contributed by atoms with E-state index in [4.69, 9.17) is 5.73 Å². The van der Waals surface area contributed by atoms with Crippen LogP contribution < -0.4 is 10.6 Å². The lowest BCUT2D eigenvalue weighted by atomic mass is 10.2. The summed E-state index contributed by atoms with van der Waals surface area (Å²) in [5.74, 6) is 0. The first kappa shape index (κ1) is 10.8. The zero-order valence-corrected chi connectivity index (χ0v) is 10.2. The van der Waals surface area contributed by atoms with Crippen LogP contribution in [0.5, 0.6) is 0 Å². The third kappa shape index (κ3) is 2.29. The summed E-state index contributed by atoms with van der Waals surface area (Å²) in [6.07, 6.45) is 0. The highest BCUT2D eigenvalue weighted by Gasteiger charge is 2.21. The Morgan fingerprint density at radius 3 is 3.07 bits per heavy atom. The molecule has 0 radical (unpaired) electrons. The molecule has 0 bridgehead atoms. The van der Waals surface area contributed by atoms with Gasteiger partial charge in [0.05, 0.1) is 5.69 Å². The molecule has 2 N–H and O–H groups in total. The van der Waals surface area contributed by atoms with E-state index in [2.05, 4.69) is 36.9 Å². The van der Waals surface area contributed by atoms with E-state index in [0.29, 0.717) is 5.25 Å². The maximum absolute atomic E-state index is 5.64. The van der Waals surface area contributed by atoms with Crippen molar-refractivity contribution in [1.29, 1.82) is 0 Å². The summed E-state index contributed by atoms with van der Waals surface area (Å²) in [7, 11) is 0. The molecule has 1 aliphatic heterocycles. The molecular formula is C12H18N2S. The van der Waals surface area contributed by atoms with Crippen molar-refractivity contribution < 1.29 is 0 Å². The minimum absolute atomic E-state index is 0.658. The molecule has 2 nitrogen and oxygen atoms in total. The molecule has 0 saturated carbocycles. The zero-order chi connectivity index (χ0) is 10.8. The van der Waals surface area contributed by atoms with E-state index in [-0.39, 0.29) is 0 Å². The highest BCUT2D eigenvalue weighted by atomic mass is 32.2. The Hall–Kier alpha value is -0.670. The Labute approximate surface area is 95.8 Å². The molecule has 1 aromatic carbocycles. The predicted octanol–water partition coefficient (Wildman–Crippen LogP) is 2.25. The van der Waals surface area contributed by atoms with Crippen LogP contribution in [0.25, 0.3) is 0 Å². The number of hydrogen-bond donors (Lipinski definition) is 1. The molecule has 0 fully saturated rings. The predicted molar refractivity (Wildman–Crippen MR) is 67.8 cm³/mol. The van der Waals surface area contributed by atoms with E-state index >= 15 is 0 Å². The van der Waals surface area contributed by atoms with Crippen LogP contribution in [0.2, 0.25) is 0 Å². The fourth-order valence-corrected chi connectivity index (χ4v) is 3.27. The number of rotatable bonds is 2. The lowest BCUT2D eigenvalue weighted by Gasteiger charge is -2.34. The number of benzene rings is 1. The van der Waals surface area contributed by atoms with Gasteiger partial charge >= 0.3 is 0 Å². The summed E-state index contributed by atoms with van der Waals surface area (Å²) >= 11 is 1.97. The van der Waals surface area contributed by atoms with E-state index in [1.165, 1.54) is 16.1 Å². The molecule has 0 spiro atoms. The fraction of sp³-hybridized carbons (Fsp3) is 0.500. The summed E-state index contributed by atoms with van der Waals surface area (Å²) in [5, 5.41) is 0.658. The molecule has 1 heterocycles. The monoisotopic (exact) mass is 222 g/mol. The SMILES string of the molecule is Cc1ccc2c(c1)SC(C)CN2CCN. The highest BCUT2D eigenvalue weighted by Crippen LogP contribution is 2.38. The van der Waals surface area contributed by atoms with Crippen LogP contribution in [-0.2, 0) is 0 Å². The van der Waals surface area contributed by atoms with Crippen molar-refractivity contribution in [3.8, 4) is 0 Å². The lowest BCUT2D eigenvalue weighted by Crippen LogP contribution is -2.36. The molecule has 0 amide bonds. The van der Waals surface area contributed by atoms with Crippen molar-refractivity contribution in [3.05, 3.63) is 23.8 Å². The fourth-order valence-electron chi connectivity index (χ4n) is 2.01. The molecule has 0 saturated heterocycles. The molecule has 0 aromatic heterocycles. The third-order valence-corrected chi connectivity index (χ3v) is 3.79. The first-order valence-electron chi connectivity index (χ1n) is 5.43. The Kier molecular flexibility index (Phi) is 3.22. The molecule has 1 atom stereocenters. The number of hydrogen-bond acceptors (Lipinski definition) is 3. The van der Waals surface area contributed by atoms with Gasteiger partial charge in [-0.15, -0.1) is 11.8 Å². The van der Waals surface area contributed by atoms with Gasteiger partial charge in [-0.2, -0.15) is 0 Å². The van der Waals surface area contributed by atoms with Gasteiger partial charge in [0, 0.05) is 29.8 Å². The Bertz CT molecular complexity index is 351. The van der Waals surface area contributed by atoms with E-state index in [1.54, 1.807) is 0 Å². The second kappa shape index (κ2) is 4.45. The van der Waals surface area contributed by atoms with Crippen molar-refractivity contribution >= 4 is 17.4 Å². The van der Waals surface area contributed by atoms with Crippen LogP contribution in [0.3, 0.4) is 0 Å². The maximum Gasteiger partial charge on any atom is 0.0505 e. The van der Waals surface area contributed by atoms with Gasteiger partial charge in [-0.05, 0) is 24.6 Å². The molecular weight excluding hydrogens is 204 g/mol. The quantitative estimate of drug-likeness (QED) is 0.832.